The minimum Gasteiger partial charge on any atom is -0.398 e. The van der Waals surface area contributed by atoms with Gasteiger partial charge in [0.2, 0.25) is 0 Å². The summed E-state index contributed by atoms with van der Waals surface area (Å²) in [5, 5.41) is 0. The van der Waals surface area contributed by atoms with Crippen LogP contribution in [0.3, 0.4) is 0 Å². The summed E-state index contributed by atoms with van der Waals surface area (Å²) in [4.78, 5) is 3.98. The monoisotopic (exact) mass is 341 g/mol. The van der Waals surface area contributed by atoms with Crippen molar-refractivity contribution in [2.75, 3.05) is 17.1 Å². The van der Waals surface area contributed by atoms with Crippen molar-refractivity contribution in [2.45, 2.75) is 4.90 Å². The van der Waals surface area contributed by atoms with Gasteiger partial charge in [0.05, 0.1) is 17.6 Å². The van der Waals surface area contributed by atoms with Crippen LogP contribution in [-0.2, 0) is 10.0 Å². The van der Waals surface area contributed by atoms with Crippen LogP contribution in [0.15, 0.2) is 52.1 Å². The number of rotatable bonds is 3. The number of nitrogens with two attached hydrogens (primary N) is 1. The Hall–Kier alpha value is -1.60. The van der Waals surface area contributed by atoms with Crippen molar-refractivity contribution in [1.29, 1.82) is 0 Å². The first-order chi connectivity index (χ1) is 8.93. The van der Waals surface area contributed by atoms with E-state index in [1.807, 2.05) is 0 Å². The van der Waals surface area contributed by atoms with Crippen LogP contribution in [-0.4, -0.2) is 20.4 Å². The molecule has 0 saturated heterocycles. The molecule has 2 rings (SSSR count). The molecule has 0 bridgehead atoms. The predicted molar refractivity (Wildman–Crippen MR) is 78.4 cm³/mol. The summed E-state index contributed by atoms with van der Waals surface area (Å²) in [7, 11) is -2.23. The Bertz CT molecular complexity index is 689. The van der Waals surface area contributed by atoms with E-state index in [4.69, 9.17) is 5.73 Å². The highest BCUT2D eigenvalue weighted by molar-refractivity contribution is 9.10. The summed E-state index contributed by atoms with van der Waals surface area (Å²) in [5.74, 6) is 0. The fraction of sp³-hybridized carbons (Fsp3) is 0.0833. The fourth-order valence-electron chi connectivity index (χ4n) is 1.58. The van der Waals surface area contributed by atoms with Crippen LogP contribution < -0.4 is 10.0 Å². The van der Waals surface area contributed by atoms with Gasteiger partial charge in [-0.05, 0) is 30.3 Å². The van der Waals surface area contributed by atoms with Crippen molar-refractivity contribution in [3.63, 3.8) is 0 Å². The van der Waals surface area contributed by atoms with E-state index in [0.29, 0.717) is 5.69 Å². The first-order valence-electron chi connectivity index (χ1n) is 5.37. The van der Waals surface area contributed by atoms with Gasteiger partial charge in [0.1, 0.15) is 4.90 Å². The largest absolute Gasteiger partial charge is 0.398 e. The highest BCUT2D eigenvalue weighted by Crippen LogP contribution is 2.27. The zero-order chi connectivity index (χ0) is 14.0. The number of sulfonamides is 1. The van der Waals surface area contributed by atoms with E-state index >= 15 is 0 Å². The molecule has 0 unspecified atom stereocenters. The molecule has 0 aliphatic heterocycles. The molecule has 0 aliphatic carbocycles. The highest BCUT2D eigenvalue weighted by Gasteiger charge is 2.23. The zero-order valence-corrected chi connectivity index (χ0v) is 12.5. The molecule has 0 amide bonds. The number of hydrogen-bond acceptors (Lipinski definition) is 4. The van der Waals surface area contributed by atoms with E-state index < -0.39 is 10.0 Å². The zero-order valence-electron chi connectivity index (χ0n) is 10.1. The fourth-order valence-corrected chi connectivity index (χ4v) is 3.24. The number of pyridine rings is 1. The molecule has 0 atom stereocenters. The molecular formula is C12H12BrN3O2S. The predicted octanol–water partition coefficient (Wildman–Crippen LogP) is 2.25. The van der Waals surface area contributed by atoms with Crippen molar-refractivity contribution in [3.8, 4) is 0 Å². The third-order valence-electron chi connectivity index (χ3n) is 2.62. The third-order valence-corrected chi connectivity index (χ3v) is 4.97. The smallest absolute Gasteiger partial charge is 0.266 e. The maximum atomic E-state index is 12.5. The summed E-state index contributed by atoms with van der Waals surface area (Å²) in [6.07, 6.45) is 3.06. The summed E-state index contributed by atoms with van der Waals surface area (Å²) in [6, 6.07) is 8.01. The minimum atomic E-state index is -3.69. The third kappa shape index (κ3) is 2.71. The summed E-state index contributed by atoms with van der Waals surface area (Å²) < 4.78 is 26.8. The number of nitrogens with zero attached hydrogens (tertiary/aromatic N) is 2. The van der Waals surface area contributed by atoms with Gasteiger partial charge in [-0.3, -0.25) is 9.29 Å². The van der Waals surface area contributed by atoms with Gasteiger partial charge < -0.3 is 5.73 Å². The van der Waals surface area contributed by atoms with Crippen molar-refractivity contribution >= 4 is 37.3 Å². The minimum absolute atomic E-state index is 0.0713. The number of benzene rings is 1. The lowest BCUT2D eigenvalue weighted by atomic mass is 10.3. The highest BCUT2D eigenvalue weighted by atomic mass is 79.9. The summed E-state index contributed by atoms with van der Waals surface area (Å²) >= 11 is 3.25. The van der Waals surface area contributed by atoms with E-state index in [0.717, 1.165) is 8.78 Å². The van der Waals surface area contributed by atoms with E-state index in [1.165, 1.54) is 19.3 Å². The molecule has 0 saturated carbocycles. The number of nitrogen functional groups attached to an aromatic ring is 1. The van der Waals surface area contributed by atoms with Gasteiger partial charge in [-0.15, -0.1) is 0 Å². The molecule has 5 nitrogen and oxygen atoms in total. The number of aromatic nitrogens is 1. The van der Waals surface area contributed by atoms with Gasteiger partial charge in [0.25, 0.3) is 10.0 Å². The number of hydrogen-bond donors (Lipinski definition) is 1. The molecule has 2 aromatic rings. The van der Waals surface area contributed by atoms with E-state index in [1.54, 1.807) is 30.5 Å². The Morgan fingerprint density at radius 3 is 2.63 bits per heavy atom. The molecule has 1 aromatic carbocycles. The molecule has 7 heteroatoms. The van der Waals surface area contributed by atoms with Crippen LogP contribution in [0.1, 0.15) is 0 Å². The van der Waals surface area contributed by atoms with Crippen LogP contribution in [0, 0.1) is 0 Å². The second-order valence-electron chi connectivity index (χ2n) is 3.87. The lowest BCUT2D eigenvalue weighted by Crippen LogP contribution is -2.27. The Morgan fingerprint density at radius 1 is 1.32 bits per heavy atom. The second-order valence-corrected chi connectivity index (χ2v) is 6.72. The van der Waals surface area contributed by atoms with Crippen LogP contribution in [0.4, 0.5) is 11.4 Å². The molecule has 1 aromatic heterocycles. The Labute approximate surface area is 120 Å². The maximum absolute atomic E-state index is 12.5. The quantitative estimate of drug-likeness (QED) is 0.868. The van der Waals surface area contributed by atoms with Crippen LogP contribution in [0.5, 0.6) is 0 Å². The first kappa shape index (κ1) is 13.8. The second kappa shape index (κ2) is 5.18. The number of anilines is 2. The Morgan fingerprint density at radius 2 is 2.05 bits per heavy atom. The normalized spacial score (nSPS) is 11.3. The van der Waals surface area contributed by atoms with Crippen molar-refractivity contribution < 1.29 is 8.42 Å². The van der Waals surface area contributed by atoms with E-state index in [9.17, 15) is 8.42 Å². The van der Waals surface area contributed by atoms with Crippen molar-refractivity contribution in [2.24, 2.45) is 0 Å². The molecule has 0 fully saturated rings. The van der Waals surface area contributed by atoms with Gasteiger partial charge in [-0.1, -0.05) is 15.9 Å². The van der Waals surface area contributed by atoms with Gasteiger partial charge in [-0.25, -0.2) is 8.42 Å². The standard InChI is InChI=1S/C12H12BrN3O2S/c1-16(10-3-2-6-15-8-10)19(17,18)12-5-4-9(13)7-11(12)14/h2-8H,14H2,1H3. The van der Waals surface area contributed by atoms with E-state index in [2.05, 4.69) is 20.9 Å². The average molecular weight is 342 g/mol. The molecule has 0 radical (unpaired) electrons. The summed E-state index contributed by atoms with van der Waals surface area (Å²) in [6.45, 7) is 0. The average Bonchev–Trinajstić information content (AvgIpc) is 2.38. The van der Waals surface area contributed by atoms with Gasteiger partial charge in [-0.2, -0.15) is 0 Å². The lowest BCUT2D eigenvalue weighted by Gasteiger charge is -2.20. The molecule has 2 N–H and O–H groups in total. The molecule has 0 spiro atoms. The van der Waals surface area contributed by atoms with Crippen LogP contribution in [0.25, 0.3) is 0 Å². The van der Waals surface area contributed by atoms with Crippen LogP contribution in [0.2, 0.25) is 0 Å². The van der Waals surface area contributed by atoms with Gasteiger partial charge in [0, 0.05) is 17.7 Å². The molecular weight excluding hydrogens is 330 g/mol. The van der Waals surface area contributed by atoms with Gasteiger partial charge in [0.15, 0.2) is 0 Å². The van der Waals surface area contributed by atoms with Crippen molar-refractivity contribution in [3.05, 3.63) is 47.2 Å². The van der Waals surface area contributed by atoms with Gasteiger partial charge >= 0.3 is 0 Å². The van der Waals surface area contributed by atoms with Crippen LogP contribution >= 0.6 is 15.9 Å². The molecule has 100 valence electrons. The molecule has 0 aliphatic rings. The maximum Gasteiger partial charge on any atom is 0.266 e. The lowest BCUT2D eigenvalue weighted by molar-refractivity contribution is 0.594. The summed E-state index contributed by atoms with van der Waals surface area (Å²) in [5.41, 5.74) is 6.45. The van der Waals surface area contributed by atoms with Crippen molar-refractivity contribution in [1.82, 2.24) is 4.98 Å². The topological polar surface area (TPSA) is 76.3 Å². The Balaban J connectivity index is 2.48. The molecule has 1 heterocycles. The molecule has 19 heavy (non-hydrogen) atoms. The Kier molecular flexibility index (Phi) is 3.77. The first-order valence-corrected chi connectivity index (χ1v) is 7.60. The number of halogens is 1. The van der Waals surface area contributed by atoms with E-state index in [-0.39, 0.29) is 10.6 Å². The SMILES string of the molecule is CN(c1cccnc1)S(=O)(=O)c1ccc(Br)cc1N.